The predicted octanol–water partition coefficient (Wildman–Crippen LogP) is 0.779. The molecule has 0 unspecified atom stereocenters. The molecule has 0 aliphatic carbocycles. The third-order valence-electron chi connectivity index (χ3n) is 1.49. The van der Waals surface area contributed by atoms with Crippen LogP contribution in [-0.4, -0.2) is 56.3 Å². The Bertz CT molecular complexity index is 174. The number of hydrogen-bond acceptors (Lipinski definition) is 1. The summed E-state index contributed by atoms with van der Waals surface area (Å²) < 4.78 is 24.2. The Balaban J connectivity index is 4.75. The highest BCUT2D eigenvalue weighted by atomic mass is 31.2. The van der Waals surface area contributed by atoms with Gasteiger partial charge in [-0.05, 0) is 42.3 Å². The molecule has 0 aromatic rings. The lowest BCUT2D eigenvalue weighted by Gasteiger charge is -2.34. The molecule has 11 heavy (non-hydrogen) atoms. The molecule has 0 heterocycles. The number of hydrogen-bond donors (Lipinski definition) is 0. The van der Waals surface area contributed by atoms with E-state index in [0.29, 0.717) is 0 Å². The van der Waals surface area contributed by atoms with Crippen molar-refractivity contribution in [1.82, 2.24) is 14.0 Å². The zero-order chi connectivity index (χ0) is 9.94. The first kappa shape index (κ1) is 9.20. The summed E-state index contributed by atoms with van der Waals surface area (Å²) in [7, 11) is 6.11. The van der Waals surface area contributed by atoms with E-state index in [1.165, 1.54) is 4.67 Å². The SMILES string of the molecule is [2H]CN(C)P(=O)(N(C)C)N(C)C. The number of rotatable bonds is 3. The summed E-state index contributed by atoms with van der Waals surface area (Å²) in [6.45, 7) is 0. The van der Waals surface area contributed by atoms with Crippen molar-refractivity contribution in [3.8, 4) is 0 Å². The lowest BCUT2D eigenvalue weighted by Crippen LogP contribution is -2.30. The third kappa shape index (κ3) is 2.03. The quantitative estimate of drug-likeness (QED) is 0.600. The minimum atomic E-state index is -2.64. The number of nitrogens with zero attached hydrogens (tertiary/aromatic N) is 3. The van der Waals surface area contributed by atoms with Crippen LogP contribution in [0.1, 0.15) is 1.37 Å². The monoisotopic (exact) mass is 180 g/mol. The van der Waals surface area contributed by atoms with Gasteiger partial charge in [0.05, 0.1) is 0 Å². The topological polar surface area (TPSA) is 26.8 Å². The van der Waals surface area contributed by atoms with Gasteiger partial charge in [0.1, 0.15) is 0 Å². The molecule has 68 valence electrons. The molecule has 0 fully saturated rings. The van der Waals surface area contributed by atoms with E-state index in [4.69, 9.17) is 1.37 Å². The van der Waals surface area contributed by atoms with Crippen LogP contribution in [0.2, 0.25) is 0 Å². The second kappa shape index (κ2) is 3.68. The second-order valence-electron chi connectivity index (χ2n) is 2.87. The first-order valence-corrected chi connectivity index (χ1v) is 4.90. The Hall–Kier alpha value is 0.110. The molecule has 0 aliphatic rings. The fourth-order valence-corrected chi connectivity index (χ4v) is 2.91. The van der Waals surface area contributed by atoms with Gasteiger partial charge in [-0.1, -0.05) is 0 Å². The average molecular weight is 180 g/mol. The van der Waals surface area contributed by atoms with Gasteiger partial charge in [0.15, 0.2) is 0 Å². The minimum absolute atomic E-state index is 0.0354. The Morgan fingerprint density at radius 2 is 1.36 bits per heavy atom. The van der Waals surface area contributed by atoms with Crippen molar-refractivity contribution in [2.45, 2.75) is 0 Å². The fourth-order valence-electron chi connectivity index (χ4n) is 0.969. The van der Waals surface area contributed by atoms with E-state index < -0.39 is 7.59 Å². The van der Waals surface area contributed by atoms with Gasteiger partial charge in [0.2, 0.25) is 0 Å². The lowest BCUT2D eigenvalue weighted by atomic mass is 11.2. The summed E-state index contributed by atoms with van der Waals surface area (Å²) >= 11 is 0. The predicted molar refractivity (Wildman–Crippen MR) is 48.7 cm³/mol. The molecule has 0 saturated heterocycles. The maximum absolute atomic E-state index is 12.2. The van der Waals surface area contributed by atoms with E-state index >= 15 is 0 Å². The molecular weight excluding hydrogens is 161 g/mol. The summed E-state index contributed by atoms with van der Waals surface area (Å²) in [5, 5.41) is 0. The van der Waals surface area contributed by atoms with E-state index in [9.17, 15) is 4.57 Å². The normalized spacial score (nSPS) is 14.7. The van der Waals surface area contributed by atoms with Gasteiger partial charge in [-0.3, -0.25) is 4.57 Å². The van der Waals surface area contributed by atoms with E-state index in [0.717, 1.165) is 0 Å². The lowest BCUT2D eigenvalue weighted by molar-refractivity contribution is 0.383. The Morgan fingerprint density at radius 3 is 1.45 bits per heavy atom. The zero-order valence-corrected chi connectivity index (χ0v) is 8.80. The zero-order valence-electron chi connectivity index (χ0n) is 8.90. The summed E-state index contributed by atoms with van der Waals surface area (Å²) in [5.41, 5.74) is 0. The average Bonchev–Trinajstić information content (AvgIpc) is 2.00. The van der Waals surface area contributed by atoms with Crippen LogP contribution in [-0.2, 0) is 4.57 Å². The standard InChI is InChI=1S/C6H18N3OP/c1-7(2)11(10,8(3)4)9(5)6/h1-6H3/i1D. The van der Waals surface area contributed by atoms with Crippen molar-refractivity contribution >= 4 is 7.59 Å². The summed E-state index contributed by atoms with van der Waals surface area (Å²) in [4.78, 5) is 0. The van der Waals surface area contributed by atoms with Crippen LogP contribution >= 0.6 is 7.59 Å². The van der Waals surface area contributed by atoms with Gasteiger partial charge in [0, 0.05) is 1.37 Å². The Labute approximate surface area is 70.7 Å². The van der Waals surface area contributed by atoms with Crippen LogP contribution in [0.5, 0.6) is 0 Å². The molecule has 0 saturated carbocycles. The molecule has 5 heteroatoms. The van der Waals surface area contributed by atoms with Gasteiger partial charge >= 0.3 is 0 Å². The minimum Gasteiger partial charge on any atom is -0.270 e. The Morgan fingerprint density at radius 1 is 1.00 bits per heavy atom. The highest BCUT2D eigenvalue weighted by Crippen LogP contribution is 2.50. The highest BCUT2D eigenvalue weighted by molar-refractivity contribution is 7.56. The second-order valence-corrected chi connectivity index (χ2v) is 6.17. The molecule has 0 N–H and O–H groups in total. The molecule has 0 atom stereocenters. The molecule has 4 nitrogen and oxygen atoms in total. The smallest absolute Gasteiger partial charge is 0.270 e. The highest BCUT2D eigenvalue weighted by Gasteiger charge is 2.30. The van der Waals surface area contributed by atoms with Crippen molar-refractivity contribution in [2.75, 3.05) is 42.3 Å². The van der Waals surface area contributed by atoms with Crippen LogP contribution < -0.4 is 0 Å². The summed E-state index contributed by atoms with van der Waals surface area (Å²) in [5.74, 6) is 0. The van der Waals surface area contributed by atoms with Gasteiger partial charge in [-0.25, -0.2) is 14.0 Å². The first-order chi connectivity index (χ1) is 5.37. The van der Waals surface area contributed by atoms with Crippen molar-refractivity contribution in [2.24, 2.45) is 0 Å². The molecule has 0 aliphatic heterocycles. The molecule has 0 aromatic carbocycles. The van der Waals surface area contributed by atoms with E-state index in [1.54, 1.807) is 44.6 Å². The van der Waals surface area contributed by atoms with Crippen molar-refractivity contribution in [3.05, 3.63) is 0 Å². The molecular formula is C6H18N3OP. The maximum Gasteiger partial charge on any atom is 0.285 e. The van der Waals surface area contributed by atoms with E-state index in [1.807, 2.05) is 0 Å². The van der Waals surface area contributed by atoms with E-state index in [-0.39, 0.29) is 7.02 Å². The third-order valence-corrected chi connectivity index (χ3v) is 4.46. The van der Waals surface area contributed by atoms with Gasteiger partial charge in [-0.2, -0.15) is 0 Å². The van der Waals surface area contributed by atoms with Crippen LogP contribution in [0.3, 0.4) is 0 Å². The molecule has 0 spiro atoms. The van der Waals surface area contributed by atoms with Crippen molar-refractivity contribution in [1.29, 1.82) is 0 Å². The van der Waals surface area contributed by atoms with Crippen LogP contribution in [0.25, 0.3) is 0 Å². The van der Waals surface area contributed by atoms with Crippen molar-refractivity contribution in [3.63, 3.8) is 0 Å². The molecule has 0 radical (unpaired) electrons. The largest absolute Gasteiger partial charge is 0.285 e. The van der Waals surface area contributed by atoms with Crippen LogP contribution in [0, 0.1) is 0 Å². The maximum atomic E-state index is 12.2. The summed E-state index contributed by atoms with van der Waals surface area (Å²) in [6.07, 6.45) is 0. The fraction of sp³-hybridized carbons (Fsp3) is 1.00. The Kier molecular flexibility index (Phi) is 3.07. The molecule has 0 aromatic heterocycles. The molecule has 0 amide bonds. The molecule has 0 rings (SSSR count). The summed E-state index contributed by atoms with van der Waals surface area (Å²) in [6, 6.07) is 0. The van der Waals surface area contributed by atoms with Gasteiger partial charge < -0.3 is 0 Å². The first-order valence-electron chi connectivity index (χ1n) is 4.04. The van der Waals surface area contributed by atoms with Crippen LogP contribution in [0.15, 0.2) is 0 Å². The molecule has 0 bridgehead atoms. The van der Waals surface area contributed by atoms with Crippen LogP contribution in [0.4, 0.5) is 0 Å². The van der Waals surface area contributed by atoms with Gasteiger partial charge in [-0.15, -0.1) is 0 Å². The van der Waals surface area contributed by atoms with Gasteiger partial charge in [0.25, 0.3) is 7.59 Å². The van der Waals surface area contributed by atoms with E-state index in [2.05, 4.69) is 0 Å². The van der Waals surface area contributed by atoms with Crippen molar-refractivity contribution < 1.29 is 5.94 Å².